The van der Waals surface area contributed by atoms with E-state index in [2.05, 4.69) is 202 Å². The molecule has 0 N–H and O–H groups in total. The van der Waals surface area contributed by atoms with Gasteiger partial charge in [0.15, 0.2) is 0 Å². The van der Waals surface area contributed by atoms with Gasteiger partial charge in [0.25, 0.3) is 0 Å². The van der Waals surface area contributed by atoms with Crippen molar-refractivity contribution in [1.82, 2.24) is 14.1 Å². The minimum Gasteiger partial charge on any atom is -0.311 e. The second-order valence-corrected chi connectivity index (χ2v) is 16.5. The Bertz CT molecular complexity index is 3560. The molecular formula is C61H48N4. The van der Waals surface area contributed by atoms with E-state index in [1.807, 2.05) is 32.2 Å². The lowest BCUT2D eigenvalue weighted by Gasteiger charge is -2.23. The van der Waals surface area contributed by atoms with E-state index in [1.54, 1.807) is 0 Å². The standard InChI is InChI=1S/C59H42N4.C2H6/c1-2-14-52-51-18-4-3-5-23-56(51)63(47-36-30-42(31-37-47)48-21-12-16-43-17-13-38-60-58(43)48)59(52)57-39-44-15-6-9-22-53(44)61(57)45-32-26-40(27-33-45)41-28-34-46(35-29-41)62-54-24-10-7-19-49(54)50-20-8-11-25-55(50)62;1-2/h1,4,6-22,24-38H,3,5,23,39H2;1-2H3/b52-14-,59-57-;. The molecule has 7 aromatic carbocycles. The van der Waals surface area contributed by atoms with Crippen molar-refractivity contribution in [3.8, 4) is 46.0 Å². The maximum atomic E-state index is 6.20. The van der Waals surface area contributed by atoms with Gasteiger partial charge >= 0.3 is 0 Å². The number of nitrogens with zero attached hydrogens (tertiary/aromatic N) is 4. The molecule has 3 aromatic heterocycles. The molecule has 1 aliphatic heterocycles. The Kier molecular flexibility index (Phi) is 10.3. The van der Waals surface area contributed by atoms with Crippen molar-refractivity contribution < 1.29 is 0 Å². The lowest BCUT2D eigenvalue weighted by molar-refractivity contribution is 0.792. The molecule has 0 radical (unpaired) electrons. The molecule has 4 nitrogen and oxygen atoms in total. The SMILES string of the molecule is C#C/C=c1/c2c(n(-c3ccc(-c4cccc5cccnc45)cc3)/c1=C1/Cc3ccccc3N1c1ccc(-c3ccc(-n4c5ccccc5c5ccccc54)cc3)cc1)CCCC=C2.CC. The third-order valence-electron chi connectivity index (χ3n) is 13.0. The molecule has 0 fully saturated rings. The van der Waals surface area contributed by atoms with Gasteiger partial charge in [0, 0.05) is 73.6 Å². The van der Waals surface area contributed by atoms with Crippen LogP contribution >= 0.6 is 0 Å². The Morgan fingerprint density at radius 3 is 1.92 bits per heavy atom. The van der Waals surface area contributed by atoms with Crippen molar-refractivity contribution >= 4 is 61.9 Å². The van der Waals surface area contributed by atoms with Crippen LogP contribution in [0.2, 0.25) is 0 Å². The number of hydrogen-bond acceptors (Lipinski definition) is 2. The normalized spacial score (nSPS) is 14.2. The smallest absolute Gasteiger partial charge is 0.0780 e. The number of benzene rings is 7. The maximum Gasteiger partial charge on any atom is 0.0780 e. The summed E-state index contributed by atoms with van der Waals surface area (Å²) in [6, 6.07) is 63.7. The van der Waals surface area contributed by atoms with Crippen LogP contribution in [0, 0.1) is 12.3 Å². The van der Waals surface area contributed by atoms with E-state index in [4.69, 9.17) is 11.4 Å². The number of fused-ring (bicyclic) bond motifs is 6. The first-order valence-electron chi connectivity index (χ1n) is 22.8. The molecule has 65 heavy (non-hydrogen) atoms. The van der Waals surface area contributed by atoms with Gasteiger partial charge < -0.3 is 14.0 Å². The summed E-state index contributed by atoms with van der Waals surface area (Å²) < 4.78 is 4.87. The lowest BCUT2D eigenvalue weighted by Crippen LogP contribution is -2.36. The van der Waals surface area contributed by atoms with Crippen LogP contribution in [-0.2, 0) is 12.8 Å². The highest BCUT2D eigenvalue weighted by Gasteiger charge is 2.29. The molecule has 0 saturated carbocycles. The van der Waals surface area contributed by atoms with Gasteiger partial charge in [-0.1, -0.05) is 147 Å². The zero-order valence-electron chi connectivity index (χ0n) is 36.7. The summed E-state index contributed by atoms with van der Waals surface area (Å²) >= 11 is 0. The Morgan fingerprint density at radius 1 is 0.600 bits per heavy atom. The number of para-hydroxylation sites is 4. The largest absolute Gasteiger partial charge is 0.311 e. The van der Waals surface area contributed by atoms with Crippen LogP contribution in [0.15, 0.2) is 188 Å². The second-order valence-electron chi connectivity index (χ2n) is 16.5. The quantitative estimate of drug-likeness (QED) is 0.161. The minimum atomic E-state index is 0.778. The number of pyridine rings is 1. The topological polar surface area (TPSA) is 26.0 Å². The first-order chi connectivity index (χ1) is 32.2. The summed E-state index contributed by atoms with van der Waals surface area (Å²) in [5, 5.41) is 5.91. The van der Waals surface area contributed by atoms with E-state index < -0.39 is 0 Å². The van der Waals surface area contributed by atoms with Gasteiger partial charge in [-0.15, -0.1) is 6.42 Å². The predicted molar refractivity (Wildman–Crippen MR) is 274 cm³/mol. The number of terminal acetylenes is 1. The minimum absolute atomic E-state index is 0.778. The van der Waals surface area contributed by atoms with Crippen LogP contribution in [0.5, 0.6) is 0 Å². The van der Waals surface area contributed by atoms with Crippen LogP contribution < -0.4 is 15.5 Å². The van der Waals surface area contributed by atoms with Crippen molar-refractivity contribution in [3.05, 3.63) is 216 Å². The molecule has 1 aliphatic carbocycles. The van der Waals surface area contributed by atoms with Crippen LogP contribution in [0.1, 0.15) is 43.5 Å². The van der Waals surface area contributed by atoms with Gasteiger partial charge in [-0.3, -0.25) is 4.98 Å². The third-order valence-corrected chi connectivity index (χ3v) is 13.0. The fraction of sp³-hybridized carbons (Fsp3) is 0.0984. The van der Waals surface area contributed by atoms with Crippen LogP contribution in [0.3, 0.4) is 0 Å². The Balaban J connectivity index is 0.00000231. The van der Waals surface area contributed by atoms with Gasteiger partial charge in [0.05, 0.1) is 27.6 Å². The molecule has 12 rings (SSSR count). The summed E-state index contributed by atoms with van der Waals surface area (Å²) in [4.78, 5) is 7.22. The second kappa shape index (κ2) is 16.9. The van der Waals surface area contributed by atoms with Crippen LogP contribution in [-0.4, -0.2) is 14.1 Å². The maximum absolute atomic E-state index is 6.20. The monoisotopic (exact) mass is 836 g/mol. The first-order valence-corrected chi connectivity index (χ1v) is 22.8. The Morgan fingerprint density at radius 2 is 1.22 bits per heavy atom. The van der Waals surface area contributed by atoms with Gasteiger partial charge in [-0.25, -0.2) is 0 Å². The number of allylic oxidation sites excluding steroid dienone is 1. The zero-order chi connectivity index (χ0) is 43.9. The van der Waals surface area contributed by atoms with Crippen molar-refractivity contribution in [3.63, 3.8) is 0 Å². The molecule has 0 bridgehead atoms. The van der Waals surface area contributed by atoms with Crippen molar-refractivity contribution in [2.24, 2.45) is 0 Å². The van der Waals surface area contributed by atoms with Gasteiger partial charge in [0.2, 0.25) is 0 Å². The average molecular weight is 837 g/mol. The Hall–Kier alpha value is -8.13. The highest BCUT2D eigenvalue weighted by atomic mass is 15.2. The average Bonchev–Trinajstić information content (AvgIpc) is 3.94. The van der Waals surface area contributed by atoms with E-state index in [0.29, 0.717) is 0 Å². The zero-order valence-corrected chi connectivity index (χ0v) is 36.7. The summed E-state index contributed by atoms with van der Waals surface area (Å²) in [7, 11) is 0. The fourth-order valence-electron chi connectivity index (χ4n) is 10.2. The number of anilines is 2. The highest BCUT2D eigenvalue weighted by Crippen LogP contribution is 2.42. The molecule has 4 heteroatoms. The number of hydrogen-bond donors (Lipinski definition) is 0. The van der Waals surface area contributed by atoms with E-state index in [0.717, 1.165) is 75.3 Å². The summed E-state index contributed by atoms with van der Waals surface area (Å²) in [5.41, 5.74) is 17.6. The summed E-state index contributed by atoms with van der Waals surface area (Å²) in [6.07, 6.45) is 18.5. The highest BCUT2D eigenvalue weighted by molar-refractivity contribution is 6.09. The summed E-state index contributed by atoms with van der Waals surface area (Å²) in [6.45, 7) is 4.00. The van der Waals surface area contributed by atoms with Gasteiger partial charge in [-0.05, 0) is 108 Å². The van der Waals surface area contributed by atoms with E-state index in [9.17, 15) is 0 Å². The fourth-order valence-corrected chi connectivity index (χ4v) is 10.2. The molecule has 0 spiro atoms. The van der Waals surface area contributed by atoms with Crippen LogP contribution in [0.25, 0.3) is 84.2 Å². The van der Waals surface area contributed by atoms with E-state index in [1.165, 1.54) is 61.1 Å². The van der Waals surface area contributed by atoms with E-state index in [-0.39, 0.29) is 0 Å². The molecular weight excluding hydrogens is 789 g/mol. The van der Waals surface area contributed by atoms with Crippen molar-refractivity contribution in [2.75, 3.05) is 4.90 Å². The molecule has 312 valence electrons. The predicted octanol–water partition coefficient (Wildman–Crippen LogP) is 13.7. The molecule has 4 heterocycles. The van der Waals surface area contributed by atoms with Gasteiger partial charge in [0.1, 0.15) is 0 Å². The summed E-state index contributed by atoms with van der Waals surface area (Å²) in [5.74, 6) is 2.95. The lowest BCUT2D eigenvalue weighted by atomic mass is 10.0. The van der Waals surface area contributed by atoms with Crippen molar-refractivity contribution in [1.29, 1.82) is 0 Å². The Labute approximate surface area is 380 Å². The first kappa shape index (κ1) is 39.7. The van der Waals surface area contributed by atoms with E-state index >= 15 is 0 Å². The molecule has 0 unspecified atom stereocenters. The molecule has 0 atom stereocenters. The van der Waals surface area contributed by atoms with Crippen LogP contribution in [0.4, 0.5) is 11.4 Å². The van der Waals surface area contributed by atoms with Crippen molar-refractivity contribution in [2.45, 2.75) is 39.5 Å². The van der Waals surface area contributed by atoms with Gasteiger partial charge in [-0.2, -0.15) is 0 Å². The number of rotatable bonds is 5. The number of aromatic nitrogens is 3. The molecule has 2 aliphatic rings. The third kappa shape index (κ3) is 6.76. The molecule has 0 saturated heterocycles. The molecule has 10 aromatic rings. The molecule has 0 amide bonds.